The normalized spacial score (nSPS) is 9.87. The minimum Gasteiger partial charge on any atom is -0.489 e. The zero-order valence-corrected chi connectivity index (χ0v) is 13.5. The van der Waals surface area contributed by atoms with Crippen LogP contribution in [0.25, 0.3) is 4.98 Å². The Bertz CT molecular complexity index is 738. The predicted octanol–water partition coefficient (Wildman–Crippen LogP) is 4.85. The van der Waals surface area contributed by atoms with E-state index < -0.39 is 0 Å². The summed E-state index contributed by atoms with van der Waals surface area (Å²) in [5.74, 6) is 1.16. The van der Waals surface area contributed by atoms with Crippen molar-refractivity contribution in [3.8, 4) is 5.75 Å². The average Bonchev–Trinajstić information content (AvgIpc) is 2.60. The van der Waals surface area contributed by atoms with Crippen LogP contribution < -0.4 is 4.74 Å². The van der Waals surface area contributed by atoms with Gasteiger partial charge < -0.3 is 4.74 Å². The lowest BCUT2D eigenvalue weighted by molar-refractivity contribution is 0.108. The van der Waals surface area contributed by atoms with Crippen molar-refractivity contribution in [2.75, 3.05) is 12.4 Å². The summed E-state index contributed by atoms with van der Waals surface area (Å²) in [7, 11) is 0. The SMILES string of the molecule is C=CCOc1ccccc1C(=O)SCCc1ccccc1[N+]#N. The van der Waals surface area contributed by atoms with Gasteiger partial charge in [0.15, 0.2) is 4.98 Å². The second-order valence-corrected chi connectivity index (χ2v) is 5.78. The molecule has 2 aromatic carbocycles. The van der Waals surface area contributed by atoms with E-state index in [1.165, 1.54) is 11.8 Å². The minimum atomic E-state index is -0.0388. The van der Waals surface area contributed by atoms with Crippen molar-refractivity contribution in [3.63, 3.8) is 0 Å². The highest BCUT2D eigenvalue weighted by atomic mass is 32.2. The summed E-state index contributed by atoms with van der Waals surface area (Å²) in [5.41, 5.74) is 2.00. The third kappa shape index (κ3) is 4.70. The monoisotopic (exact) mass is 325 g/mol. The van der Waals surface area contributed by atoms with Gasteiger partial charge in [-0.2, -0.15) is 0 Å². The van der Waals surface area contributed by atoms with E-state index in [0.717, 1.165) is 5.56 Å². The molecule has 2 rings (SSSR count). The van der Waals surface area contributed by atoms with E-state index >= 15 is 0 Å². The van der Waals surface area contributed by atoms with Crippen molar-refractivity contribution < 1.29 is 9.53 Å². The molecule has 5 heteroatoms. The Hall–Kier alpha value is -2.58. The molecule has 0 aliphatic rings. The molecule has 0 radical (unpaired) electrons. The Morgan fingerprint density at radius 3 is 2.74 bits per heavy atom. The van der Waals surface area contributed by atoms with Gasteiger partial charge in [-0.05, 0) is 18.6 Å². The molecule has 0 fully saturated rings. The molecule has 4 nitrogen and oxygen atoms in total. The maximum absolute atomic E-state index is 12.4. The van der Waals surface area contributed by atoms with Gasteiger partial charge in [-0.3, -0.25) is 4.79 Å². The number of diazo groups is 1. The minimum absolute atomic E-state index is 0.0388. The molecule has 0 atom stereocenters. The van der Waals surface area contributed by atoms with Crippen molar-refractivity contribution in [1.29, 1.82) is 5.39 Å². The number of carbonyl (C=O) groups excluding carboxylic acids is 1. The van der Waals surface area contributed by atoms with E-state index in [2.05, 4.69) is 11.6 Å². The van der Waals surface area contributed by atoms with Crippen molar-refractivity contribution in [2.45, 2.75) is 6.42 Å². The molecule has 0 heterocycles. The van der Waals surface area contributed by atoms with Crippen molar-refractivity contribution in [3.05, 3.63) is 77.3 Å². The number of rotatable bonds is 7. The largest absolute Gasteiger partial charge is 0.489 e. The van der Waals surface area contributed by atoms with Crippen LogP contribution in [0.2, 0.25) is 0 Å². The fraction of sp³-hybridized carbons (Fsp3) is 0.167. The summed E-state index contributed by atoms with van der Waals surface area (Å²) in [6.07, 6.45) is 2.29. The lowest BCUT2D eigenvalue weighted by Gasteiger charge is -2.08. The number of para-hydroxylation sites is 1. The molecule has 0 aliphatic carbocycles. The van der Waals surface area contributed by atoms with Crippen LogP contribution in [0.3, 0.4) is 0 Å². The van der Waals surface area contributed by atoms with Crippen LogP contribution in [0.15, 0.2) is 61.2 Å². The second kappa shape index (κ2) is 8.76. The molecule has 0 bridgehead atoms. The highest BCUT2D eigenvalue weighted by molar-refractivity contribution is 8.14. The molecule has 23 heavy (non-hydrogen) atoms. The van der Waals surface area contributed by atoms with E-state index in [4.69, 9.17) is 10.1 Å². The summed E-state index contributed by atoms with van der Waals surface area (Å²) < 4.78 is 5.51. The quantitative estimate of drug-likeness (QED) is 0.539. The van der Waals surface area contributed by atoms with E-state index in [-0.39, 0.29) is 5.12 Å². The van der Waals surface area contributed by atoms with E-state index in [9.17, 15) is 4.79 Å². The molecule has 0 unspecified atom stereocenters. The first-order valence-electron chi connectivity index (χ1n) is 7.19. The van der Waals surface area contributed by atoms with Crippen LogP contribution in [0.5, 0.6) is 5.75 Å². The number of thioether (sulfide) groups is 1. The fourth-order valence-electron chi connectivity index (χ4n) is 2.06. The van der Waals surface area contributed by atoms with Crippen molar-refractivity contribution in [2.24, 2.45) is 0 Å². The summed E-state index contributed by atoms with van der Waals surface area (Å²) in [6.45, 7) is 3.97. The third-order valence-electron chi connectivity index (χ3n) is 3.17. The molecule has 0 amide bonds. The summed E-state index contributed by atoms with van der Waals surface area (Å²) in [6, 6.07) is 14.5. The van der Waals surface area contributed by atoms with Gasteiger partial charge in [0.1, 0.15) is 12.4 Å². The Labute approximate surface area is 139 Å². The van der Waals surface area contributed by atoms with Gasteiger partial charge >= 0.3 is 5.69 Å². The number of ether oxygens (including phenoxy) is 1. The molecule has 0 spiro atoms. The topological polar surface area (TPSA) is 54.5 Å². The first-order valence-corrected chi connectivity index (χ1v) is 8.17. The van der Waals surface area contributed by atoms with Crippen LogP contribution in [-0.4, -0.2) is 17.5 Å². The first-order chi connectivity index (χ1) is 11.3. The Morgan fingerprint density at radius 1 is 1.22 bits per heavy atom. The Kier molecular flexibility index (Phi) is 6.40. The van der Waals surface area contributed by atoms with Crippen LogP contribution in [0.1, 0.15) is 15.9 Å². The van der Waals surface area contributed by atoms with E-state index in [0.29, 0.717) is 35.8 Å². The van der Waals surface area contributed by atoms with Gasteiger partial charge in [0.25, 0.3) is 0 Å². The van der Waals surface area contributed by atoms with Gasteiger partial charge in [0.2, 0.25) is 10.5 Å². The van der Waals surface area contributed by atoms with Gasteiger partial charge in [-0.1, -0.05) is 54.7 Å². The molecule has 0 aromatic heterocycles. The third-order valence-corrected chi connectivity index (χ3v) is 4.06. The van der Waals surface area contributed by atoms with Gasteiger partial charge in [0.05, 0.1) is 5.56 Å². The lowest BCUT2D eigenvalue weighted by atomic mass is 10.1. The molecule has 116 valence electrons. The summed E-state index contributed by atoms with van der Waals surface area (Å²) in [5, 5.41) is 8.91. The average molecular weight is 325 g/mol. The van der Waals surface area contributed by atoms with Crippen LogP contribution >= 0.6 is 11.8 Å². The zero-order chi connectivity index (χ0) is 16.5. The molecular weight excluding hydrogens is 308 g/mol. The maximum atomic E-state index is 12.4. The maximum Gasteiger partial charge on any atom is 0.388 e. The number of hydrogen-bond acceptors (Lipinski definition) is 4. The smallest absolute Gasteiger partial charge is 0.388 e. The van der Waals surface area contributed by atoms with Crippen LogP contribution in [0.4, 0.5) is 5.69 Å². The standard InChI is InChI=1S/C18H17N2O2S/c1-2-12-22-17-10-6-4-8-15(17)18(21)23-13-11-14-7-3-5-9-16(14)20-19/h2-10H,1,11-13H2/q+1. The van der Waals surface area contributed by atoms with Gasteiger partial charge in [-0.25, -0.2) is 0 Å². The Balaban J connectivity index is 1.98. The molecule has 0 N–H and O–H groups in total. The Morgan fingerprint density at radius 2 is 1.96 bits per heavy atom. The lowest BCUT2D eigenvalue weighted by Crippen LogP contribution is -2.02. The fourth-order valence-corrected chi connectivity index (χ4v) is 2.89. The zero-order valence-electron chi connectivity index (χ0n) is 12.6. The number of carbonyl (C=O) groups is 1. The molecule has 2 aromatic rings. The number of benzene rings is 2. The van der Waals surface area contributed by atoms with Crippen LogP contribution in [-0.2, 0) is 6.42 Å². The van der Waals surface area contributed by atoms with Crippen molar-refractivity contribution in [1.82, 2.24) is 0 Å². The summed E-state index contributed by atoms with van der Waals surface area (Å²) >= 11 is 1.22. The summed E-state index contributed by atoms with van der Waals surface area (Å²) in [4.78, 5) is 15.6. The van der Waals surface area contributed by atoms with E-state index in [1.807, 2.05) is 30.3 Å². The first kappa shape index (κ1) is 16.8. The molecule has 0 saturated heterocycles. The molecule has 0 aliphatic heterocycles. The molecule has 0 saturated carbocycles. The van der Waals surface area contributed by atoms with Gasteiger partial charge in [0, 0.05) is 17.4 Å². The predicted molar refractivity (Wildman–Crippen MR) is 93.8 cm³/mol. The molecular formula is C18H17N2O2S+. The van der Waals surface area contributed by atoms with E-state index in [1.54, 1.807) is 24.3 Å². The number of nitrogens with zero attached hydrogens (tertiary/aromatic N) is 2. The highest BCUT2D eigenvalue weighted by Gasteiger charge is 2.15. The second-order valence-electron chi connectivity index (χ2n) is 4.71. The number of aryl methyl sites for hydroxylation is 1. The number of hydrogen-bond donors (Lipinski definition) is 0. The van der Waals surface area contributed by atoms with Gasteiger partial charge in [-0.15, -0.1) is 0 Å². The van der Waals surface area contributed by atoms with Crippen LogP contribution in [0, 0.1) is 5.39 Å². The van der Waals surface area contributed by atoms with Crippen molar-refractivity contribution >= 4 is 22.6 Å². The highest BCUT2D eigenvalue weighted by Crippen LogP contribution is 2.25.